The first-order chi connectivity index (χ1) is 16.1. The minimum atomic E-state index is -0.781. The number of hydrogen-bond donors (Lipinski definition) is 4. The second-order valence-electron chi connectivity index (χ2n) is 9.38. The predicted octanol–water partition coefficient (Wildman–Crippen LogP) is 4.12. The van der Waals surface area contributed by atoms with Gasteiger partial charge < -0.3 is 20.0 Å². The van der Waals surface area contributed by atoms with E-state index < -0.39 is 5.54 Å². The smallest absolute Gasteiger partial charge is 0.240 e. The first-order valence-electron chi connectivity index (χ1n) is 11.9. The lowest BCUT2D eigenvalue weighted by atomic mass is 9.90. The van der Waals surface area contributed by atoms with Crippen molar-refractivity contribution in [3.63, 3.8) is 0 Å². The molecule has 4 N–H and O–H groups in total. The number of amides is 1. The van der Waals surface area contributed by atoms with Gasteiger partial charge in [-0.05, 0) is 62.5 Å². The van der Waals surface area contributed by atoms with Gasteiger partial charge in [-0.15, -0.1) is 0 Å². The van der Waals surface area contributed by atoms with Gasteiger partial charge in [-0.1, -0.05) is 36.4 Å². The number of para-hydroxylation sites is 2. The van der Waals surface area contributed by atoms with Gasteiger partial charge in [0.1, 0.15) is 11.3 Å². The number of rotatable bonds is 8. The third-order valence-corrected chi connectivity index (χ3v) is 6.86. The summed E-state index contributed by atoms with van der Waals surface area (Å²) < 4.78 is 6.00. The van der Waals surface area contributed by atoms with Crippen molar-refractivity contribution in [2.75, 3.05) is 19.6 Å². The zero-order chi connectivity index (χ0) is 22.7. The molecule has 33 heavy (non-hydrogen) atoms. The van der Waals surface area contributed by atoms with Crippen LogP contribution in [0.2, 0.25) is 0 Å². The van der Waals surface area contributed by atoms with Crippen LogP contribution >= 0.6 is 0 Å². The molecule has 4 aromatic rings. The average molecular weight is 445 g/mol. The zero-order valence-electron chi connectivity index (χ0n) is 19.1. The second-order valence-corrected chi connectivity index (χ2v) is 9.38. The zero-order valence-corrected chi connectivity index (χ0v) is 19.1. The summed E-state index contributed by atoms with van der Waals surface area (Å²) in [7, 11) is 0. The molecule has 2 aromatic carbocycles. The molecule has 3 heterocycles. The van der Waals surface area contributed by atoms with E-state index in [1.165, 1.54) is 0 Å². The Morgan fingerprint density at radius 1 is 1.12 bits per heavy atom. The maximum atomic E-state index is 13.5. The van der Waals surface area contributed by atoms with Crippen LogP contribution in [0.3, 0.4) is 0 Å². The van der Waals surface area contributed by atoms with Gasteiger partial charge in [0, 0.05) is 35.5 Å². The molecule has 0 aliphatic carbocycles. The molecule has 1 fully saturated rings. The largest absolute Gasteiger partial charge is 0.460 e. The number of carbonyl (C=O) groups is 1. The van der Waals surface area contributed by atoms with Crippen molar-refractivity contribution in [2.24, 2.45) is 5.92 Å². The standard InChI is InChI=1S/C27H32N4O2/c1-27(26(32)30-16-19-10-12-28-13-11-19,15-21-17-29-24-8-4-3-7-23(21)24)31-18-22-14-20-6-2-5-9-25(20)33-22/h2-9,14,17,19,28-29,31H,10-13,15-16,18H2,1H3,(H,30,32). The van der Waals surface area contributed by atoms with Crippen LogP contribution in [0.25, 0.3) is 21.9 Å². The van der Waals surface area contributed by atoms with Crippen LogP contribution in [0.1, 0.15) is 31.1 Å². The van der Waals surface area contributed by atoms with Crippen LogP contribution in [0.4, 0.5) is 0 Å². The van der Waals surface area contributed by atoms with Crippen LogP contribution in [0.15, 0.2) is 65.2 Å². The molecule has 6 nitrogen and oxygen atoms in total. The van der Waals surface area contributed by atoms with E-state index in [1.807, 2.05) is 55.6 Å². The Morgan fingerprint density at radius 3 is 2.76 bits per heavy atom. The summed E-state index contributed by atoms with van der Waals surface area (Å²) in [4.78, 5) is 16.9. The molecule has 1 unspecified atom stereocenters. The van der Waals surface area contributed by atoms with E-state index in [4.69, 9.17) is 4.42 Å². The highest BCUT2D eigenvalue weighted by molar-refractivity contribution is 5.89. The molecule has 0 bridgehead atoms. The Morgan fingerprint density at radius 2 is 1.91 bits per heavy atom. The molecule has 1 aliphatic heterocycles. The number of nitrogens with one attached hydrogen (secondary N) is 4. The number of aromatic amines is 1. The minimum Gasteiger partial charge on any atom is -0.460 e. The molecular formula is C27H32N4O2. The third kappa shape index (κ3) is 4.82. The van der Waals surface area contributed by atoms with Crippen molar-refractivity contribution >= 4 is 27.8 Å². The highest BCUT2D eigenvalue weighted by Crippen LogP contribution is 2.25. The summed E-state index contributed by atoms with van der Waals surface area (Å²) in [6.07, 6.45) is 4.80. The second kappa shape index (κ2) is 9.41. The lowest BCUT2D eigenvalue weighted by molar-refractivity contribution is -0.127. The van der Waals surface area contributed by atoms with Crippen molar-refractivity contribution in [2.45, 2.75) is 38.3 Å². The number of aromatic nitrogens is 1. The molecule has 0 radical (unpaired) electrons. The van der Waals surface area contributed by atoms with Gasteiger partial charge in [0.2, 0.25) is 5.91 Å². The topological polar surface area (TPSA) is 82.1 Å². The highest BCUT2D eigenvalue weighted by atomic mass is 16.3. The van der Waals surface area contributed by atoms with E-state index in [1.54, 1.807) is 0 Å². The maximum absolute atomic E-state index is 13.5. The molecule has 1 atom stereocenters. The summed E-state index contributed by atoms with van der Waals surface area (Å²) in [6.45, 7) is 5.24. The molecule has 5 rings (SSSR count). The third-order valence-electron chi connectivity index (χ3n) is 6.86. The van der Waals surface area contributed by atoms with Crippen molar-refractivity contribution < 1.29 is 9.21 Å². The van der Waals surface area contributed by atoms with Crippen molar-refractivity contribution in [3.8, 4) is 0 Å². The van der Waals surface area contributed by atoms with E-state index in [0.717, 1.165) is 65.7 Å². The number of hydrogen-bond acceptors (Lipinski definition) is 4. The lowest BCUT2D eigenvalue weighted by Crippen LogP contribution is -2.56. The molecule has 0 saturated carbocycles. The molecule has 2 aromatic heterocycles. The Labute approximate surface area is 194 Å². The first kappa shape index (κ1) is 21.7. The number of furan rings is 1. The maximum Gasteiger partial charge on any atom is 0.240 e. The Kier molecular flexibility index (Phi) is 6.20. The molecule has 0 spiro atoms. The van der Waals surface area contributed by atoms with Gasteiger partial charge in [0.25, 0.3) is 0 Å². The van der Waals surface area contributed by atoms with Crippen LogP contribution < -0.4 is 16.0 Å². The highest BCUT2D eigenvalue weighted by Gasteiger charge is 2.34. The van der Waals surface area contributed by atoms with Crippen LogP contribution in [0, 0.1) is 5.92 Å². The van der Waals surface area contributed by atoms with Gasteiger partial charge in [-0.2, -0.15) is 0 Å². The van der Waals surface area contributed by atoms with E-state index in [2.05, 4.69) is 33.1 Å². The van der Waals surface area contributed by atoms with E-state index in [-0.39, 0.29) is 5.91 Å². The lowest BCUT2D eigenvalue weighted by Gasteiger charge is -2.31. The van der Waals surface area contributed by atoms with Crippen molar-refractivity contribution in [3.05, 3.63) is 72.1 Å². The summed E-state index contributed by atoms with van der Waals surface area (Å²) >= 11 is 0. The Balaban J connectivity index is 1.35. The van der Waals surface area contributed by atoms with Crippen LogP contribution in [-0.2, 0) is 17.8 Å². The van der Waals surface area contributed by atoms with E-state index in [9.17, 15) is 4.79 Å². The summed E-state index contributed by atoms with van der Waals surface area (Å²) in [5.74, 6) is 1.39. The van der Waals surface area contributed by atoms with Crippen LogP contribution in [-0.4, -0.2) is 36.1 Å². The minimum absolute atomic E-state index is 0.0300. The van der Waals surface area contributed by atoms with Gasteiger partial charge >= 0.3 is 0 Å². The quantitative estimate of drug-likeness (QED) is 0.330. The van der Waals surface area contributed by atoms with Gasteiger partial charge in [-0.25, -0.2) is 0 Å². The summed E-state index contributed by atoms with van der Waals surface area (Å²) in [5, 5.41) is 12.4. The van der Waals surface area contributed by atoms with Gasteiger partial charge in [0.05, 0.1) is 12.1 Å². The molecule has 1 saturated heterocycles. The van der Waals surface area contributed by atoms with E-state index >= 15 is 0 Å². The molecule has 1 amide bonds. The fraction of sp³-hybridized carbons (Fsp3) is 0.370. The number of fused-ring (bicyclic) bond motifs is 2. The number of piperidine rings is 1. The average Bonchev–Trinajstić information content (AvgIpc) is 3.46. The molecular weight excluding hydrogens is 412 g/mol. The first-order valence-corrected chi connectivity index (χ1v) is 11.9. The molecule has 1 aliphatic rings. The normalized spacial score (nSPS) is 16.8. The molecule has 172 valence electrons. The van der Waals surface area contributed by atoms with E-state index in [0.29, 0.717) is 18.9 Å². The van der Waals surface area contributed by atoms with Gasteiger partial charge in [0.15, 0.2) is 0 Å². The number of carbonyl (C=O) groups excluding carboxylic acids is 1. The summed E-state index contributed by atoms with van der Waals surface area (Å²) in [5.41, 5.74) is 2.30. The number of benzene rings is 2. The van der Waals surface area contributed by atoms with Crippen LogP contribution in [0.5, 0.6) is 0 Å². The van der Waals surface area contributed by atoms with Crippen molar-refractivity contribution in [1.29, 1.82) is 0 Å². The van der Waals surface area contributed by atoms with Crippen molar-refractivity contribution in [1.82, 2.24) is 20.9 Å². The predicted molar refractivity (Wildman–Crippen MR) is 132 cm³/mol. The fourth-order valence-corrected chi connectivity index (χ4v) is 4.81. The monoisotopic (exact) mass is 444 g/mol. The summed E-state index contributed by atoms with van der Waals surface area (Å²) in [6, 6.07) is 18.3. The Hall–Kier alpha value is -3.09. The molecule has 6 heteroatoms. The SMILES string of the molecule is CC(Cc1c[nH]c2ccccc12)(NCc1cc2ccccc2o1)C(=O)NCC1CCNCC1. The fourth-order valence-electron chi connectivity index (χ4n) is 4.81. The van der Waals surface area contributed by atoms with Gasteiger partial charge in [-0.3, -0.25) is 10.1 Å². The Bertz CT molecular complexity index is 1200. The number of H-pyrrole nitrogens is 1.